The zero-order valence-corrected chi connectivity index (χ0v) is 6.03. The SMILES string of the molecule is CCC(C)CS(=O)[O-]. The quantitative estimate of drug-likeness (QED) is 0.540. The summed E-state index contributed by atoms with van der Waals surface area (Å²) in [5.41, 5.74) is 0. The van der Waals surface area contributed by atoms with Gasteiger partial charge in [0.25, 0.3) is 0 Å². The van der Waals surface area contributed by atoms with Crippen LogP contribution in [0.2, 0.25) is 0 Å². The Hall–Kier alpha value is 0.110. The van der Waals surface area contributed by atoms with Crippen molar-refractivity contribution in [3.8, 4) is 0 Å². The molecule has 3 heteroatoms. The van der Waals surface area contributed by atoms with E-state index in [1.165, 1.54) is 0 Å². The molecule has 0 aromatic carbocycles. The molecule has 2 unspecified atom stereocenters. The van der Waals surface area contributed by atoms with E-state index in [0.717, 1.165) is 6.42 Å². The van der Waals surface area contributed by atoms with Crippen molar-refractivity contribution in [3.05, 3.63) is 0 Å². The van der Waals surface area contributed by atoms with Crippen LogP contribution in [0.25, 0.3) is 0 Å². The van der Waals surface area contributed by atoms with Gasteiger partial charge in [0.15, 0.2) is 0 Å². The molecule has 0 bridgehead atoms. The van der Waals surface area contributed by atoms with Gasteiger partial charge in [0.05, 0.1) is 0 Å². The fourth-order valence-electron chi connectivity index (χ4n) is 0.350. The molecule has 2 atom stereocenters. The summed E-state index contributed by atoms with van der Waals surface area (Å²) in [6, 6.07) is 0. The van der Waals surface area contributed by atoms with E-state index in [2.05, 4.69) is 0 Å². The molecule has 50 valence electrons. The van der Waals surface area contributed by atoms with Crippen LogP contribution in [0.1, 0.15) is 20.3 Å². The van der Waals surface area contributed by atoms with Gasteiger partial charge >= 0.3 is 0 Å². The summed E-state index contributed by atoms with van der Waals surface area (Å²) < 4.78 is 19.9. The first-order valence-corrected chi connectivity index (χ1v) is 3.97. The Bertz CT molecular complexity index is 82.5. The highest BCUT2D eigenvalue weighted by molar-refractivity contribution is 7.79. The lowest BCUT2D eigenvalue weighted by Gasteiger charge is -2.09. The zero-order valence-electron chi connectivity index (χ0n) is 5.22. The van der Waals surface area contributed by atoms with Crippen molar-refractivity contribution in [1.29, 1.82) is 0 Å². The van der Waals surface area contributed by atoms with Crippen molar-refractivity contribution in [2.45, 2.75) is 20.3 Å². The summed E-state index contributed by atoms with van der Waals surface area (Å²) in [5.74, 6) is 0.615. The number of rotatable bonds is 3. The van der Waals surface area contributed by atoms with E-state index in [4.69, 9.17) is 0 Å². The highest BCUT2D eigenvalue weighted by atomic mass is 32.2. The summed E-state index contributed by atoms with van der Waals surface area (Å²) in [7, 11) is 0. The molecular formula is C5H11O2S-. The van der Waals surface area contributed by atoms with Crippen LogP contribution < -0.4 is 0 Å². The van der Waals surface area contributed by atoms with Crippen molar-refractivity contribution in [2.75, 3.05) is 5.75 Å². The van der Waals surface area contributed by atoms with Crippen LogP contribution in [0.5, 0.6) is 0 Å². The van der Waals surface area contributed by atoms with Gasteiger partial charge in [0.2, 0.25) is 0 Å². The second-order valence-corrected chi connectivity index (χ2v) is 2.92. The third-order valence-corrected chi connectivity index (χ3v) is 1.96. The molecule has 0 fully saturated rings. The van der Waals surface area contributed by atoms with Gasteiger partial charge in [-0.1, -0.05) is 31.3 Å². The summed E-state index contributed by atoms with van der Waals surface area (Å²) in [5, 5.41) is 0. The van der Waals surface area contributed by atoms with Crippen molar-refractivity contribution in [2.24, 2.45) is 5.92 Å². The minimum absolute atomic E-state index is 0.302. The maximum atomic E-state index is 9.97. The maximum Gasteiger partial charge on any atom is 0.0127 e. The van der Waals surface area contributed by atoms with E-state index in [9.17, 15) is 8.76 Å². The van der Waals surface area contributed by atoms with Gasteiger partial charge in [-0.05, 0) is 5.92 Å². The molecule has 0 N–H and O–H groups in total. The van der Waals surface area contributed by atoms with Crippen molar-refractivity contribution < 1.29 is 8.76 Å². The highest BCUT2D eigenvalue weighted by Gasteiger charge is 1.95. The number of hydrogen-bond donors (Lipinski definition) is 0. The Morgan fingerprint density at radius 1 is 1.75 bits per heavy atom. The van der Waals surface area contributed by atoms with Gasteiger partial charge in [-0.15, -0.1) is 0 Å². The van der Waals surface area contributed by atoms with Crippen molar-refractivity contribution in [3.63, 3.8) is 0 Å². The summed E-state index contributed by atoms with van der Waals surface area (Å²) in [6.45, 7) is 3.91. The van der Waals surface area contributed by atoms with Gasteiger partial charge in [-0.2, -0.15) is 0 Å². The molecule has 0 saturated heterocycles. The summed E-state index contributed by atoms with van der Waals surface area (Å²) >= 11 is -1.85. The van der Waals surface area contributed by atoms with Gasteiger partial charge in [-0.3, -0.25) is 4.21 Å². The molecule has 0 aromatic rings. The van der Waals surface area contributed by atoms with Crippen LogP contribution in [-0.2, 0) is 11.1 Å². The second-order valence-electron chi connectivity index (χ2n) is 1.98. The molecule has 0 aliphatic heterocycles. The predicted octanol–water partition coefficient (Wildman–Crippen LogP) is 0.912. The predicted molar refractivity (Wildman–Crippen MR) is 33.2 cm³/mol. The molecular weight excluding hydrogens is 124 g/mol. The Kier molecular flexibility index (Phi) is 4.09. The third kappa shape index (κ3) is 4.27. The molecule has 0 rings (SSSR count). The van der Waals surface area contributed by atoms with Gasteiger partial charge in [0, 0.05) is 5.75 Å². The first-order valence-electron chi connectivity index (χ1n) is 2.72. The van der Waals surface area contributed by atoms with Crippen LogP contribution in [0.15, 0.2) is 0 Å². The highest BCUT2D eigenvalue weighted by Crippen LogP contribution is 2.00. The van der Waals surface area contributed by atoms with E-state index < -0.39 is 11.1 Å². The minimum Gasteiger partial charge on any atom is -0.772 e. The van der Waals surface area contributed by atoms with E-state index in [1.807, 2.05) is 13.8 Å². The van der Waals surface area contributed by atoms with Crippen LogP contribution in [-0.4, -0.2) is 14.5 Å². The molecule has 0 spiro atoms. The molecule has 0 aliphatic rings. The van der Waals surface area contributed by atoms with Gasteiger partial charge in [0.1, 0.15) is 0 Å². The van der Waals surface area contributed by atoms with Crippen LogP contribution in [0.3, 0.4) is 0 Å². The standard InChI is InChI=1S/C5H12O2S/c1-3-5(2)4-8(6)7/h5H,3-4H2,1-2H3,(H,6,7)/p-1. The molecule has 0 radical (unpaired) electrons. The van der Waals surface area contributed by atoms with Crippen molar-refractivity contribution in [1.82, 2.24) is 0 Å². The average molecular weight is 135 g/mol. The average Bonchev–Trinajstić information content (AvgIpc) is 1.65. The van der Waals surface area contributed by atoms with Gasteiger partial charge < -0.3 is 4.55 Å². The number of hydrogen-bond acceptors (Lipinski definition) is 2. The first kappa shape index (κ1) is 8.11. The monoisotopic (exact) mass is 135 g/mol. The van der Waals surface area contributed by atoms with E-state index in [1.54, 1.807) is 0 Å². The Balaban J connectivity index is 3.24. The lowest BCUT2D eigenvalue weighted by molar-refractivity contribution is 0.517. The normalized spacial score (nSPS) is 17.9. The van der Waals surface area contributed by atoms with Crippen LogP contribution in [0, 0.1) is 5.92 Å². The smallest absolute Gasteiger partial charge is 0.0127 e. The van der Waals surface area contributed by atoms with Gasteiger partial charge in [-0.25, -0.2) is 0 Å². The molecule has 0 saturated carbocycles. The van der Waals surface area contributed by atoms with E-state index >= 15 is 0 Å². The summed E-state index contributed by atoms with van der Waals surface area (Å²) in [4.78, 5) is 0. The maximum absolute atomic E-state index is 9.97. The van der Waals surface area contributed by atoms with E-state index in [0.29, 0.717) is 11.7 Å². The lowest BCUT2D eigenvalue weighted by Crippen LogP contribution is -2.05. The fraction of sp³-hybridized carbons (Fsp3) is 1.00. The Morgan fingerprint density at radius 2 is 2.25 bits per heavy atom. The third-order valence-electron chi connectivity index (χ3n) is 1.12. The lowest BCUT2D eigenvalue weighted by atomic mass is 10.2. The Morgan fingerprint density at radius 3 is 2.38 bits per heavy atom. The van der Waals surface area contributed by atoms with E-state index in [-0.39, 0.29) is 0 Å². The molecule has 8 heavy (non-hydrogen) atoms. The largest absolute Gasteiger partial charge is 0.772 e. The topological polar surface area (TPSA) is 40.1 Å². The second kappa shape index (κ2) is 4.04. The summed E-state index contributed by atoms with van der Waals surface area (Å²) in [6.07, 6.45) is 0.938. The molecule has 2 nitrogen and oxygen atoms in total. The van der Waals surface area contributed by atoms with Crippen LogP contribution >= 0.6 is 0 Å². The molecule has 0 aromatic heterocycles. The Labute approximate surface area is 52.6 Å². The molecule has 0 aliphatic carbocycles. The first-order chi connectivity index (χ1) is 3.66. The minimum atomic E-state index is -1.85. The molecule has 0 heterocycles. The zero-order chi connectivity index (χ0) is 6.57. The van der Waals surface area contributed by atoms with Crippen LogP contribution in [0.4, 0.5) is 0 Å². The fourth-order valence-corrected chi connectivity index (χ4v) is 1.05. The molecule has 0 amide bonds. The van der Waals surface area contributed by atoms with Crippen molar-refractivity contribution >= 4 is 11.1 Å².